The lowest BCUT2D eigenvalue weighted by Gasteiger charge is -2.04. The van der Waals surface area contributed by atoms with Crippen molar-refractivity contribution in [2.45, 2.75) is 26.3 Å². The van der Waals surface area contributed by atoms with Crippen molar-refractivity contribution in [1.29, 1.82) is 0 Å². The first-order valence-electron chi connectivity index (χ1n) is 7.28. The maximum atomic E-state index is 12.4. The zero-order chi connectivity index (χ0) is 14.8. The van der Waals surface area contributed by atoms with Crippen molar-refractivity contribution in [2.75, 3.05) is 0 Å². The minimum Gasteiger partial charge on any atom is -0.286 e. The minimum absolute atomic E-state index is 0.0185. The summed E-state index contributed by atoms with van der Waals surface area (Å²) in [6.07, 6.45) is 3.93. The van der Waals surface area contributed by atoms with Gasteiger partial charge in [0.25, 0.3) is 0 Å². The third kappa shape index (κ3) is 2.49. The van der Waals surface area contributed by atoms with E-state index in [0.717, 1.165) is 29.6 Å². The Morgan fingerprint density at radius 2 is 1.90 bits per heavy atom. The van der Waals surface area contributed by atoms with Crippen LogP contribution in [0, 0.1) is 0 Å². The minimum atomic E-state index is -0.0185. The molecule has 108 valence electrons. The van der Waals surface area contributed by atoms with Crippen LogP contribution >= 0.6 is 0 Å². The first-order valence-corrected chi connectivity index (χ1v) is 7.28. The third-order valence-corrected chi connectivity index (χ3v) is 3.75. The topological polar surface area (TPSA) is 39.8 Å². The van der Waals surface area contributed by atoms with E-state index in [-0.39, 0.29) is 5.69 Å². The fourth-order valence-corrected chi connectivity index (χ4v) is 2.66. The lowest BCUT2D eigenvalue weighted by molar-refractivity contribution is 0.734. The van der Waals surface area contributed by atoms with Crippen LogP contribution in [0.5, 0.6) is 0 Å². The molecule has 0 amide bonds. The molecule has 4 nitrogen and oxygen atoms in total. The van der Waals surface area contributed by atoms with Crippen molar-refractivity contribution in [2.24, 2.45) is 7.05 Å². The summed E-state index contributed by atoms with van der Waals surface area (Å²) < 4.78 is 3.42. The molecule has 0 aliphatic carbocycles. The molecule has 0 bridgehead atoms. The van der Waals surface area contributed by atoms with Gasteiger partial charge in [-0.05, 0) is 23.6 Å². The molecule has 0 aliphatic heterocycles. The average Bonchev–Trinajstić information content (AvgIpc) is 2.74. The highest BCUT2D eigenvalue weighted by molar-refractivity contribution is 5.72. The van der Waals surface area contributed by atoms with E-state index in [2.05, 4.69) is 18.0 Å². The van der Waals surface area contributed by atoms with E-state index in [1.54, 1.807) is 16.2 Å². The van der Waals surface area contributed by atoms with Gasteiger partial charge in [-0.1, -0.05) is 43.7 Å². The Labute approximate surface area is 123 Å². The van der Waals surface area contributed by atoms with Crippen molar-refractivity contribution in [3.05, 3.63) is 64.2 Å². The molecule has 0 saturated carbocycles. The third-order valence-electron chi connectivity index (χ3n) is 3.75. The van der Waals surface area contributed by atoms with Crippen molar-refractivity contribution in [3.63, 3.8) is 0 Å². The number of aryl methyl sites for hydroxylation is 2. The molecule has 0 N–H and O–H groups in total. The SMILES string of the molecule is CCCc1cnc2c(c1)n(Cc1ccccc1)c(=O)n2C. The van der Waals surface area contributed by atoms with Gasteiger partial charge in [0, 0.05) is 13.2 Å². The molecule has 3 rings (SSSR count). The molecule has 0 aliphatic rings. The second-order valence-electron chi connectivity index (χ2n) is 5.35. The van der Waals surface area contributed by atoms with E-state index in [0.29, 0.717) is 6.54 Å². The number of pyridine rings is 1. The van der Waals surface area contributed by atoms with E-state index in [4.69, 9.17) is 0 Å². The summed E-state index contributed by atoms with van der Waals surface area (Å²) in [6.45, 7) is 2.72. The zero-order valence-corrected chi connectivity index (χ0v) is 12.4. The Morgan fingerprint density at radius 3 is 2.62 bits per heavy atom. The quantitative estimate of drug-likeness (QED) is 0.737. The molecule has 2 aromatic heterocycles. The highest BCUT2D eigenvalue weighted by atomic mass is 16.1. The van der Waals surface area contributed by atoms with Gasteiger partial charge in [-0.3, -0.25) is 9.13 Å². The lowest BCUT2D eigenvalue weighted by atomic mass is 10.1. The van der Waals surface area contributed by atoms with Crippen LogP contribution < -0.4 is 5.69 Å². The van der Waals surface area contributed by atoms with E-state index in [1.807, 2.05) is 36.5 Å². The molecular formula is C17H19N3O. The Morgan fingerprint density at radius 1 is 1.14 bits per heavy atom. The van der Waals surface area contributed by atoms with Crippen molar-refractivity contribution >= 4 is 11.2 Å². The Kier molecular flexibility index (Phi) is 3.60. The summed E-state index contributed by atoms with van der Waals surface area (Å²) in [5.41, 5.74) is 3.94. The highest BCUT2D eigenvalue weighted by Crippen LogP contribution is 2.14. The van der Waals surface area contributed by atoms with Gasteiger partial charge in [0.15, 0.2) is 5.65 Å². The maximum Gasteiger partial charge on any atom is 0.330 e. The predicted octanol–water partition coefficient (Wildman–Crippen LogP) is 2.74. The number of imidazole rings is 1. The maximum absolute atomic E-state index is 12.4. The monoisotopic (exact) mass is 281 g/mol. The summed E-state index contributed by atoms with van der Waals surface area (Å²) in [6, 6.07) is 12.1. The molecule has 21 heavy (non-hydrogen) atoms. The standard InChI is InChI=1S/C17H19N3O/c1-3-7-14-10-15-16(18-11-14)19(2)17(21)20(15)12-13-8-5-4-6-9-13/h4-6,8-11H,3,7,12H2,1-2H3. The van der Waals surface area contributed by atoms with Gasteiger partial charge in [-0.25, -0.2) is 9.78 Å². The molecular weight excluding hydrogens is 262 g/mol. The summed E-state index contributed by atoms with van der Waals surface area (Å²) in [4.78, 5) is 16.9. The summed E-state index contributed by atoms with van der Waals surface area (Å²) in [5, 5.41) is 0. The van der Waals surface area contributed by atoms with Gasteiger partial charge in [0.2, 0.25) is 0 Å². The Balaban J connectivity index is 2.14. The van der Waals surface area contributed by atoms with Gasteiger partial charge < -0.3 is 0 Å². The highest BCUT2D eigenvalue weighted by Gasteiger charge is 2.12. The molecule has 0 atom stereocenters. The van der Waals surface area contributed by atoms with Crippen molar-refractivity contribution in [3.8, 4) is 0 Å². The Hall–Kier alpha value is -2.36. The van der Waals surface area contributed by atoms with Crippen LogP contribution in [0.3, 0.4) is 0 Å². The van der Waals surface area contributed by atoms with Gasteiger partial charge in [0.1, 0.15) is 0 Å². The van der Waals surface area contributed by atoms with Gasteiger partial charge in [0.05, 0.1) is 12.1 Å². The van der Waals surface area contributed by atoms with Gasteiger partial charge in [-0.15, -0.1) is 0 Å². The lowest BCUT2D eigenvalue weighted by Crippen LogP contribution is -2.22. The molecule has 0 spiro atoms. The Bertz CT molecular complexity index is 815. The number of rotatable bonds is 4. The first-order chi connectivity index (χ1) is 10.2. The van der Waals surface area contributed by atoms with Crippen LogP contribution in [0.1, 0.15) is 24.5 Å². The molecule has 1 aromatic carbocycles. The van der Waals surface area contributed by atoms with Crippen LogP contribution in [-0.4, -0.2) is 14.1 Å². The molecule has 0 saturated heterocycles. The van der Waals surface area contributed by atoms with E-state index < -0.39 is 0 Å². The van der Waals surface area contributed by atoms with Crippen LogP contribution in [0.2, 0.25) is 0 Å². The molecule has 4 heteroatoms. The molecule has 3 aromatic rings. The molecule has 0 fully saturated rings. The second-order valence-corrected chi connectivity index (χ2v) is 5.35. The molecule has 0 radical (unpaired) electrons. The first kappa shape index (κ1) is 13.6. The summed E-state index contributed by atoms with van der Waals surface area (Å²) in [5.74, 6) is 0. The van der Waals surface area contributed by atoms with E-state index in [1.165, 1.54) is 5.56 Å². The van der Waals surface area contributed by atoms with Crippen LogP contribution in [0.4, 0.5) is 0 Å². The predicted molar refractivity (Wildman–Crippen MR) is 84.5 cm³/mol. The average molecular weight is 281 g/mol. The van der Waals surface area contributed by atoms with Gasteiger partial charge in [-0.2, -0.15) is 0 Å². The summed E-state index contributed by atoms with van der Waals surface area (Å²) in [7, 11) is 1.78. The largest absolute Gasteiger partial charge is 0.330 e. The number of hydrogen-bond acceptors (Lipinski definition) is 2. The fourth-order valence-electron chi connectivity index (χ4n) is 2.66. The number of hydrogen-bond donors (Lipinski definition) is 0. The van der Waals surface area contributed by atoms with Crippen molar-refractivity contribution < 1.29 is 0 Å². The zero-order valence-electron chi connectivity index (χ0n) is 12.4. The smallest absolute Gasteiger partial charge is 0.286 e. The number of fused-ring (bicyclic) bond motifs is 1. The van der Waals surface area contributed by atoms with Gasteiger partial charge >= 0.3 is 5.69 Å². The molecule has 0 unspecified atom stereocenters. The number of nitrogens with zero attached hydrogens (tertiary/aromatic N) is 3. The summed E-state index contributed by atoms with van der Waals surface area (Å²) >= 11 is 0. The van der Waals surface area contributed by atoms with Crippen LogP contribution in [0.25, 0.3) is 11.2 Å². The van der Waals surface area contributed by atoms with Crippen LogP contribution in [0.15, 0.2) is 47.4 Å². The van der Waals surface area contributed by atoms with E-state index in [9.17, 15) is 4.79 Å². The van der Waals surface area contributed by atoms with E-state index >= 15 is 0 Å². The second kappa shape index (κ2) is 5.56. The number of benzene rings is 1. The molecule has 2 heterocycles. The van der Waals surface area contributed by atoms with Crippen molar-refractivity contribution in [1.82, 2.24) is 14.1 Å². The fraction of sp³-hybridized carbons (Fsp3) is 0.294. The normalized spacial score (nSPS) is 11.1. The number of aromatic nitrogens is 3. The van der Waals surface area contributed by atoms with Crippen LogP contribution in [-0.2, 0) is 20.0 Å².